The number of halogens is 1. The van der Waals surface area contributed by atoms with Crippen LogP contribution in [0.2, 0.25) is 5.02 Å². The molecule has 0 bridgehead atoms. The molecule has 0 fully saturated rings. The minimum atomic E-state index is -0.815. The molecule has 1 aliphatic heterocycles. The molecule has 1 aliphatic rings. The Kier molecular flexibility index (Phi) is 5.49. The summed E-state index contributed by atoms with van der Waals surface area (Å²) in [4.78, 5) is 27.8. The zero-order valence-electron chi connectivity index (χ0n) is 15.6. The van der Waals surface area contributed by atoms with Crippen molar-refractivity contribution in [2.75, 3.05) is 16.8 Å². The number of nitrogens with zero attached hydrogens (tertiary/aromatic N) is 1. The highest BCUT2D eigenvalue weighted by Crippen LogP contribution is 2.30. The Balaban J connectivity index is 1.58. The van der Waals surface area contributed by atoms with Gasteiger partial charge in [-0.25, -0.2) is 4.79 Å². The lowest BCUT2D eigenvalue weighted by Gasteiger charge is -2.25. The van der Waals surface area contributed by atoms with E-state index in [4.69, 9.17) is 11.6 Å². The van der Waals surface area contributed by atoms with E-state index in [1.165, 1.54) is 0 Å². The molecular weight excluding hydrogens is 386 g/mol. The van der Waals surface area contributed by atoms with Crippen molar-refractivity contribution >= 4 is 34.9 Å². The number of para-hydroxylation sites is 2. The molecule has 3 amide bonds. The summed E-state index contributed by atoms with van der Waals surface area (Å²) < 4.78 is 0. The summed E-state index contributed by atoms with van der Waals surface area (Å²) in [6.45, 7) is 0.593. The summed E-state index contributed by atoms with van der Waals surface area (Å²) in [7, 11) is 0. The van der Waals surface area contributed by atoms with E-state index in [-0.39, 0.29) is 5.91 Å². The number of nitrogens with one attached hydrogen (secondary N) is 2. The Morgan fingerprint density at radius 1 is 0.897 bits per heavy atom. The van der Waals surface area contributed by atoms with Crippen LogP contribution in [-0.4, -0.2) is 18.5 Å². The smallest absolute Gasteiger partial charge is 0.320 e. The van der Waals surface area contributed by atoms with Gasteiger partial charge in [0.1, 0.15) is 6.04 Å². The van der Waals surface area contributed by atoms with E-state index < -0.39 is 12.1 Å². The SMILES string of the molecule is O=C(Nc1ccccc1Cl)NC(C(=O)N1CCc2ccccc21)c1ccccc1. The van der Waals surface area contributed by atoms with Crippen molar-refractivity contribution in [3.8, 4) is 0 Å². The minimum Gasteiger partial charge on any atom is -0.322 e. The maximum atomic E-state index is 13.4. The number of hydrogen-bond donors (Lipinski definition) is 2. The van der Waals surface area contributed by atoms with E-state index >= 15 is 0 Å². The van der Waals surface area contributed by atoms with Gasteiger partial charge in [0.05, 0.1) is 10.7 Å². The molecule has 5 nitrogen and oxygen atoms in total. The van der Waals surface area contributed by atoms with Gasteiger partial charge in [0.15, 0.2) is 0 Å². The van der Waals surface area contributed by atoms with Crippen molar-refractivity contribution in [3.63, 3.8) is 0 Å². The van der Waals surface area contributed by atoms with E-state index in [0.717, 1.165) is 23.2 Å². The van der Waals surface area contributed by atoms with Gasteiger partial charge in [-0.15, -0.1) is 0 Å². The highest BCUT2D eigenvalue weighted by Gasteiger charge is 2.32. The Labute approximate surface area is 174 Å². The Bertz CT molecular complexity index is 1040. The van der Waals surface area contributed by atoms with Crippen LogP contribution in [-0.2, 0) is 11.2 Å². The van der Waals surface area contributed by atoms with Gasteiger partial charge < -0.3 is 15.5 Å². The molecule has 0 aliphatic carbocycles. The topological polar surface area (TPSA) is 61.4 Å². The van der Waals surface area contributed by atoms with E-state index in [9.17, 15) is 9.59 Å². The average Bonchev–Trinajstić information content (AvgIpc) is 3.18. The van der Waals surface area contributed by atoms with Gasteiger partial charge >= 0.3 is 6.03 Å². The van der Waals surface area contributed by atoms with Crippen molar-refractivity contribution in [1.82, 2.24) is 5.32 Å². The first-order valence-corrected chi connectivity index (χ1v) is 9.77. The second-order valence-electron chi connectivity index (χ2n) is 6.79. The highest BCUT2D eigenvalue weighted by atomic mass is 35.5. The molecule has 146 valence electrons. The molecule has 1 unspecified atom stereocenters. The Morgan fingerprint density at radius 3 is 2.38 bits per heavy atom. The molecule has 3 aromatic rings. The molecule has 0 saturated carbocycles. The Hall–Kier alpha value is -3.31. The summed E-state index contributed by atoms with van der Waals surface area (Å²) in [6.07, 6.45) is 0.801. The number of rotatable bonds is 4. The number of amides is 3. The van der Waals surface area contributed by atoms with E-state index in [0.29, 0.717) is 17.3 Å². The summed E-state index contributed by atoms with van der Waals surface area (Å²) in [6, 6.07) is 22.7. The second kappa shape index (κ2) is 8.37. The van der Waals surface area contributed by atoms with Crippen LogP contribution < -0.4 is 15.5 Å². The molecule has 3 aromatic carbocycles. The van der Waals surface area contributed by atoms with Crippen LogP contribution in [0.3, 0.4) is 0 Å². The molecule has 6 heteroatoms. The third-order valence-electron chi connectivity index (χ3n) is 4.93. The summed E-state index contributed by atoms with van der Waals surface area (Å²) in [5.74, 6) is -0.171. The summed E-state index contributed by atoms with van der Waals surface area (Å²) in [5.41, 5.74) is 3.23. The third-order valence-corrected chi connectivity index (χ3v) is 5.26. The fourth-order valence-electron chi connectivity index (χ4n) is 3.51. The van der Waals surface area contributed by atoms with Crippen molar-refractivity contribution in [2.24, 2.45) is 0 Å². The first-order valence-electron chi connectivity index (χ1n) is 9.40. The predicted molar refractivity (Wildman–Crippen MR) is 115 cm³/mol. The molecule has 2 N–H and O–H groups in total. The number of fused-ring (bicyclic) bond motifs is 1. The van der Waals surface area contributed by atoms with Crippen molar-refractivity contribution < 1.29 is 9.59 Å². The molecule has 4 rings (SSSR count). The molecule has 0 radical (unpaired) electrons. The van der Waals surface area contributed by atoms with E-state index in [1.807, 2.05) is 54.6 Å². The molecule has 0 aromatic heterocycles. The van der Waals surface area contributed by atoms with Gasteiger partial charge in [0, 0.05) is 12.2 Å². The van der Waals surface area contributed by atoms with Crippen molar-refractivity contribution in [3.05, 3.63) is 95.0 Å². The number of carbonyl (C=O) groups excluding carboxylic acids is 2. The zero-order valence-corrected chi connectivity index (χ0v) is 16.4. The Morgan fingerprint density at radius 2 is 1.59 bits per heavy atom. The molecule has 0 spiro atoms. The molecular formula is C23H20ClN3O2. The van der Waals surface area contributed by atoms with E-state index in [2.05, 4.69) is 10.6 Å². The van der Waals surface area contributed by atoms with Crippen molar-refractivity contribution in [2.45, 2.75) is 12.5 Å². The number of urea groups is 1. The minimum absolute atomic E-state index is 0.171. The third kappa shape index (κ3) is 4.10. The van der Waals surface area contributed by atoms with Crippen LogP contribution in [0.15, 0.2) is 78.9 Å². The zero-order chi connectivity index (χ0) is 20.2. The summed E-state index contributed by atoms with van der Waals surface area (Å²) >= 11 is 6.13. The number of carbonyl (C=O) groups is 2. The van der Waals surface area contributed by atoms with Crippen LogP contribution in [0.1, 0.15) is 17.2 Å². The molecule has 0 saturated heterocycles. The monoisotopic (exact) mass is 405 g/mol. The molecule has 1 atom stereocenters. The number of benzene rings is 3. The normalized spacial score (nSPS) is 13.5. The van der Waals surface area contributed by atoms with Gasteiger partial charge in [-0.3, -0.25) is 4.79 Å². The maximum Gasteiger partial charge on any atom is 0.320 e. The standard InChI is InChI=1S/C23H20ClN3O2/c24-18-11-5-6-12-19(18)25-23(29)26-21(17-9-2-1-3-10-17)22(28)27-15-14-16-8-4-7-13-20(16)27/h1-13,21H,14-15H2,(H2,25,26,29). The second-order valence-corrected chi connectivity index (χ2v) is 7.20. The molecule has 1 heterocycles. The van der Waals surface area contributed by atoms with E-state index in [1.54, 1.807) is 29.2 Å². The number of anilines is 2. The fraction of sp³-hybridized carbons (Fsp3) is 0.130. The lowest BCUT2D eigenvalue weighted by Crippen LogP contribution is -2.43. The van der Waals surface area contributed by atoms with Crippen LogP contribution in [0, 0.1) is 0 Å². The van der Waals surface area contributed by atoms with Crippen LogP contribution in [0.25, 0.3) is 0 Å². The number of hydrogen-bond acceptors (Lipinski definition) is 2. The first-order chi connectivity index (χ1) is 14.1. The van der Waals surface area contributed by atoms with Crippen molar-refractivity contribution in [1.29, 1.82) is 0 Å². The van der Waals surface area contributed by atoms with Crippen LogP contribution >= 0.6 is 11.6 Å². The van der Waals surface area contributed by atoms with Gasteiger partial charge in [-0.2, -0.15) is 0 Å². The fourth-order valence-corrected chi connectivity index (χ4v) is 3.69. The maximum absolute atomic E-state index is 13.4. The average molecular weight is 406 g/mol. The largest absolute Gasteiger partial charge is 0.322 e. The van der Waals surface area contributed by atoms with Crippen LogP contribution in [0.4, 0.5) is 16.2 Å². The van der Waals surface area contributed by atoms with Gasteiger partial charge in [0.25, 0.3) is 5.91 Å². The lowest BCUT2D eigenvalue weighted by molar-refractivity contribution is -0.120. The van der Waals surface area contributed by atoms with Gasteiger partial charge in [-0.05, 0) is 35.7 Å². The predicted octanol–water partition coefficient (Wildman–Crippen LogP) is 4.79. The van der Waals surface area contributed by atoms with Gasteiger partial charge in [-0.1, -0.05) is 72.3 Å². The summed E-state index contributed by atoms with van der Waals surface area (Å²) in [5, 5.41) is 5.97. The molecule has 29 heavy (non-hydrogen) atoms. The lowest BCUT2D eigenvalue weighted by atomic mass is 10.1. The van der Waals surface area contributed by atoms with Gasteiger partial charge in [0.2, 0.25) is 0 Å². The first kappa shape index (κ1) is 19.0. The van der Waals surface area contributed by atoms with Crippen LogP contribution in [0.5, 0.6) is 0 Å². The highest BCUT2D eigenvalue weighted by molar-refractivity contribution is 6.33. The quantitative estimate of drug-likeness (QED) is 0.655.